The van der Waals surface area contributed by atoms with Gasteiger partial charge < -0.3 is 10.1 Å². The van der Waals surface area contributed by atoms with E-state index in [-0.39, 0.29) is 6.61 Å². The molecule has 0 saturated heterocycles. The largest absolute Gasteiger partial charge is 0.479 e. The van der Waals surface area contributed by atoms with Crippen LogP contribution in [0.3, 0.4) is 0 Å². The number of nitrogens with zero attached hydrogens (tertiary/aromatic N) is 1. The maximum absolute atomic E-state index is 8.38. The molecule has 1 aromatic rings. The summed E-state index contributed by atoms with van der Waals surface area (Å²) < 4.78 is 5.20. The molecule has 0 aliphatic carbocycles. The third kappa shape index (κ3) is 4.37. The molecular formula is C12H16N2O. The Kier molecular flexibility index (Phi) is 4.49. The summed E-state index contributed by atoms with van der Waals surface area (Å²) in [5, 5.41) is 11.7. The summed E-state index contributed by atoms with van der Waals surface area (Å²) in [6, 6.07) is 9.59. The van der Waals surface area contributed by atoms with Gasteiger partial charge in [0.1, 0.15) is 11.8 Å². The first-order chi connectivity index (χ1) is 7.22. The van der Waals surface area contributed by atoms with E-state index in [1.807, 2.05) is 30.3 Å². The van der Waals surface area contributed by atoms with Gasteiger partial charge >= 0.3 is 0 Å². The van der Waals surface area contributed by atoms with Gasteiger partial charge in [0.2, 0.25) is 0 Å². The minimum atomic E-state index is 0.0909. The van der Waals surface area contributed by atoms with Crippen molar-refractivity contribution >= 4 is 5.69 Å². The highest BCUT2D eigenvalue weighted by Gasteiger charge is 1.97. The van der Waals surface area contributed by atoms with Crippen LogP contribution in [0.5, 0.6) is 5.75 Å². The quantitative estimate of drug-likeness (QED) is 0.802. The number of hydrogen-bond acceptors (Lipinski definition) is 3. The van der Waals surface area contributed by atoms with E-state index in [4.69, 9.17) is 10.00 Å². The zero-order valence-corrected chi connectivity index (χ0v) is 9.16. The number of nitrogens with one attached hydrogen (secondary N) is 1. The maximum atomic E-state index is 8.38. The standard InChI is InChI=1S/C12H16N2O/c1-10(2)9-14-11-4-3-5-12(8-11)15-7-6-13/h3-5,8,10,14H,7,9H2,1-2H3. The van der Waals surface area contributed by atoms with E-state index in [1.165, 1.54) is 0 Å². The smallest absolute Gasteiger partial charge is 0.174 e. The van der Waals surface area contributed by atoms with Crippen molar-refractivity contribution in [2.24, 2.45) is 5.92 Å². The van der Waals surface area contributed by atoms with Gasteiger partial charge in [-0.05, 0) is 18.1 Å². The number of anilines is 1. The molecule has 0 unspecified atom stereocenters. The molecule has 1 N–H and O–H groups in total. The van der Waals surface area contributed by atoms with Gasteiger partial charge in [0.25, 0.3) is 0 Å². The van der Waals surface area contributed by atoms with Crippen LogP contribution in [-0.4, -0.2) is 13.2 Å². The lowest BCUT2D eigenvalue weighted by molar-refractivity contribution is 0.368. The number of benzene rings is 1. The molecule has 0 aliphatic rings. The zero-order valence-electron chi connectivity index (χ0n) is 9.16. The molecule has 1 rings (SSSR count). The Morgan fingerprint density at radius 1 is 1.47 bits per heavy atom. The molecule has 0 spiro atoms. The van der Waals surface area contributed by atoms with Gasteiger partial charge in [-0.25, -0.2) is 0 Å². The van der Waals surface area contributed by atoms with Crippen molar-refractivity contribution in [2.75, 3.05) is 18.5 Å². The number of ether oxygens (including phenoxy) is 1. The zero-order chi connectivity index (χ0) is 11.1. The van der Waals surface area contributed by atoms with Gasteiger partial charge in [0.05, 0.1) is 0 Å². The van der Waals surface area contributed by atoms with Crippen LogP contribution in [0.25, 0.3) is 0 Å². The second-order valence-electron chi connectivity index (χ2n) is 3.75. The van der Waals surface area contributed by atoms with Crippen molar-refractivity contribution in [1.29, 1.82) is 5.26 Å². The molecule has 15 heavy (non-hydrogen) atoms. The number of hydrogen-bond donors (Lipinski definition) is 1. The van der Waals surface area contributed by atoms with Crippen molar-refractivity contribution in [3.63, 3.8) is 0 Å². The Morgan fingerprint density at radius 2 is 2.27 bits per heavy atom. The van der Waals surface area contributed by atoms with Crippen LogP contribution in [0.1, 0.15) is 13.8 Å². The first-order valence-electron chi connectivity index (χ1n) is 5.06. The first kappa shape index (κ1) is 11.4. The van der Waals surface area contributed by atoms with E-state index in [2.05, 4.69) is 19.2 Å². The van der Waals surface area contributed by atoms with E-state index in [9.17, 15) is 0 Å². The van der Waals surface area contributed by atoms with E-state index < -0.39 is 0 Å². The Labute approximate surface area is 90.7 Å². The van der Waals surface area contributed by atoms with Crippen LogP contribution in [0.15, 0.2) is 24.3 Å². The molecular weight excluding hydrogens is 188 g/mol. The first-order valence-corrected chi connectivity index (χ1v) is 5.06. The SMILES string of the molecule is CC(C)CNc1cccc(OCC#N)c1. The Bertz CT molecular complexity index is 342. The Hall–Kier alpha value is -1.69. The second kappa shape index (κ2) is 5.92. The van der Waals surface area contributed by atoms with Gasteiger partial charge in [-0.2, -0.15) is 5.26 Å². The fourth-order valence-corrected chi connectivity index (χ4v) is 1.13. The lowest BCUT2D eigenvalue weighted by Gasteiger charge is -2.10. The minimum Gasteiger partial charge on any atom is -0.479 e. The lowest BCUT2D eigenvalue weighted by atomic mass is 10.2. The molecule has 0 saturated carbocycles. The fourth-order valence-electron chi connectivity index (χ4n) is 1.13. The third-order valence-electron chi connectivity index (χ3n) is 1.85. The van der Waals surface area contributed by atoms with Crippen molar-refractivity contribution in [3.8, 4) is 11.8 Å². The maximum Gasteiger partial charge on any atom is 0.174 e. The topological polar surface area (TPSA) is 45.0 Å². The molecule has 0 atom stereocenters. The predicted octanol–water partition coefficient (Wildman–Crippen LogP) is 2.66. The monoisotopic (exact) mass is 204 g/mol. The highest BCUT2D eigenvalue weighted by Crippen LogP contribution is 2.17. The summed E-state index contributed by atoms with van der Waals surface area (Å²) in [7, 11) is 0. The minimum absolute atomic E-state index is 0.0909. The van der Waals surface area contributed by atoms with Crippen molar-refractivity contribution in [2.45, 2.75) is 13.8 Å². The third-order valence-corrected chi connectivity index (χ3v) is 1.85. The highest BCUT2D eigenvalue weighted by molar-refractivity contribution is 5.48. The molecule has 3 nitrogen and oxygen atoms in total. The molecule has 0 bridgehead atoms. The summed E-state index contributed by atoms with van der Waals surface area (Å²) >= 11 is 0. The average molecular weight is 204 g/mol. The summed E-state index contributed by atoms with van der Waals surface area (Å²) in [4.78, 5) is 0. The van der Waals surface area contributed by atoms with E-state index in [0.29, 0.717) is 5.92 Å². The molecule has 0 amide bonds. The summed E-state index contributed by atoms with van der Waals surface area (Å²) in [6.45, 7) is 5.33. The summed E-state index contributed by atoms with van der Waals surface area (Å²) in [6.07, 6.45) is 0. The van der Waals surface area contributed by atoms with Gasteiger partial charge in [0, 0.05) is 18.3 Å². The second-order valence-corrected chi connectivity index (χ2v) is 3.75. The van der Waals surface area contributed by atoms with Gasteiger partial charge in [0.15, 0.2) is 6.61 Å². The van der Waals surface area contributed by atoms with Crippen molar-refractivity contribution in [1.82, 2.24) is 0 Å². The van der Waals surface area contributed by atoms with Crippen LogP contribution in [0, 0.1) is 17.2 Å². The number of rotatable bonds is 5. The lowest BCUT2D eigenvalue weighted by Crippen LogP contribution is -2.07. The van der Waals surface area contributed by atoms with Crippen molar-refractivity contribution in [3.05, 3.63) is 24.3 Å². The highest BCUT2D eigenvalue weighted by atomic mass is 16.5. The molecule has 0 radical (unpaired) electrons. The molecule has 0 heterocycles. The molecule has 3 heteroatoms. The van der Waals surface area contributed by atoms with Crippen molar-refractivity contribution < 1.29 is 4.74 Å². The van der Waals surface area contributed by atoms with E-state index in [0.717, 1.165) is 18.0 Å². The van der Waals surface area contributed by atoms with Crippen LogP contribution >= 0.6 is 0 Å². The average Bonchev–Trinajstić information content (AvgIpc) is 2.24. The van der Waals surface area contributed by atoms with Gasteiger partial charge in [-0.15, -0.1) is 0 Å². The van der Waals surface area contributed by atoms with Crippen LogP contribution in [-0.2, 0) is 0 Å². The molecule has 1 aromatic carbocycles. The summed E-state index contributed by atoms with van der Waals surface area (Å²) in [5.74, 6) is 1.33. The Morgan fingerprint density at radius 3 is 2.93 bits per heavy atom. The van der Waals surface area contributed by atoms with Crippen LogP contribution in [0.4, 0.5) is 5.69 Å². The molecule has 80 valence electrons. The normalized spacial score (nSPS) is 9.73. The van der Waals surface area contributed by atoms with Gasteiger partial charge in [-0.1, -0.05) is 19.9 Å². The van der Waals surface area contributed by atoms with Crippen LogP contribution in [0.2, 0.25) is 0 Å². The Balaban J connectivity index is 2.54. The summed E-state index contributed by atoms with van der Waals surface area (Å²) in [5.41, 5.74) is 1.03. The van der Waals surface area contributed by atoms with Crippen LogP contribution < -0.4 is 10.1 Å². The predicted molar refractivity (Wildman–Crippen MR) is 60.9 cm³/mol. The molecule has 0 fully saturated rings. The fraction of sp³-hybridized carbons (Fsp3) is 0.417. The molecule has 0 aromatic heterocycles. The van der Waals surface area contributed by atoms with Gasteiger partial charge in [-0.3, -0.25) is 0 Å². The number of nitriles is 1. The molecule has 0 aliphatic heterocycles. The van der Waals surface area contributed by atoms with E-state index >= 15 is 0 Å². The van der Waals surface area contributed by atoms with E-state index in [1.54, 1.807) is 0 Å².